The van der Waals surface area contributed by atoms with Crippen LogP contribution >= 0.6 is 0 Å². The van der Waals surface area contributed by atoms with Crippen molar-refractivity contribution in [2.45, 2.75) is 142 Å². The zero-order chi connectivity index (χ0) is 18.4. The largest absolute Gasteiger partial charge is 0.0625 e. The zero-order valence-electron chi connectivity index (χ0n) is 17.8. The summed E-state index contributed by atoms with van der Waals surface area (Å²) in [5.74, 6) is 0.955. The molecule has 0 rings (SSSR count). The van der Waals surface area contributed by atoms with Crippen molar-refractivity contribution in [3.63, 3.8) is 0 Å². The fourth-order valence-electron chi connectivity index (χ4n) is 3.78. The maximum Gasteiger partial charge on any atom is -0.0443 e. The molecule has 0 nitrogen and oxygen atoms in total. The van der Waals surface area contributed by atoms with Crippen molar-refractivity contribution < 1.29 is 0 Å². The summed E-state index contributed by atoms with van der Waals surface area (Å²) in [7, 11) is 0. The molecule has 0 N–H and O–H groups in total. The van der Waals surface area contributed by atoms with Crippen molar-refractivity contribution in [2.75, 3.05) is 0 Å². The van der Waals surface area contributed by atoms with E-state index >= 15 is 0 Å². The summed E-state index contributed by atoms with van der Waals surface area (Å²) in [6, 6.07) is 0. The number of unbranched alkanes of at least 4 members (excludes halogenated alkanes) is 17. The minimum Gasteiger partial charge on any atom is -0.0625 e. The fraction of sp³-hybridized carbons (Fsp3) is 0.920. The number of rotatable bonds is 21. The molecule has 25 heavy (non-hydrogen) atoms. The summed E-state index contributed by atoms with van der Waals surface area (Å²) in [5, 5.41) is 0. The molecular formula is C25H50. The molecule has 0 bridgehead atoms. The third kappa shape index (κ3) is 22.0. The maximum atomic E-state index is 3.92. The van der Waals surface area contributed by atoms with Crippen LogP contribution in [0.1, 0.15) is 142 Å². The molecule has 0 aliphatic heterocycles. The number of hydrogen-bond acceptors (Lipinski definition) is 0. The van der Waals surface area contributed by atoms with Gasteiger partial charge < -0.3 is 0 Å². The molecule has 1 unspecified atom stereocenters. The molecule has 0 amide bonds. The Hall–Kier alpha value is 0. The van der Waals surface area contributed by atoms with E-state index < -0.39 is 0 Å². The van der Waals surface area contributed by atoms with E-state index in [1.807, 2.05) is 0 Å². The fourth-order valence-corrected chi connectivity index (χ4v) is 3.78. The molecular weight excluding hydrogens is 300 g/mol. The Morgan fingerprint density at radius 2 is 0.640 bits per heavy atom. The van der Waals surface area contributed by atoms with Gasteiger partial charge in [0, 0.05) is 0 Å². The highest BCUT2D eigenvalue weighted by atomic mass is 14.1. The van der Waals surface area contributed by atoms with Gasteiger partial charge in [-0.2, -0.15) is 0 Å². The smallest absolute Gasteiger partial charge is 0.0443 e. The predicted octanol–water partition coefficient (Wildman–Crippen LogP) is 9.48. The van der Waals surface area contributed by atoms with Gasteiger partial charge in [0.25, 0.3) is 0 Å². The maximum absolute atomic E-state index is 3.92. The van der Waals surface area contributed by atoms with Gasteiger partial charge >= 0.3 is 0 Å². The highest BCUT2D eigenvalue weighted by molar-refractivity contribution is 4.56. The predicted molar refractivity (Wildman–Crippen MR) is 117 cm³/mol. The van der Waals surface area contributed by atoms with Crippen LogP contribution in [-0.4, -0.2) is 0 Å². The average molecular weight is 351 g/mol. The van der Waals surface area contributed by atoms with Crippen LogP contribution in [0, 0.1) is 19.8 Å². The number of hydrogen-bond donors (Lipinski definition) is 0. The van der Waals surface area contributed by atoms with Crippen LogP contribution in [0.15, 0.2) is 0 Å². The lowest BCUT2D eigenvalue weighted by molar-refractivity contribution is 0.431. The summed E-state index contributed by atoms with van der Waals surface area (Å²) in [4.78, 5) is 0. The van der Waals surface area contributed by atoms with E-state index in [0.717, 1.165) is 18.8 Å². The molecule has 0 spiro atoms. The van der Waals surface area contributed by atoms with Gasteiger partial charge in [-0.3, -0.25) is 0 Å². The van der Waals surface area contributed by atoms with E-state index in [1.54, 1.807) is 0 Å². The molecule has 0 heteroatoms. The molecule has 0 aliphatic rings. The third-order valence-electron chi connectivity index (χ3n) is 5.64. The van der Waals surface area contributed by atoms with E-state index in [-0.39, 0.29) is 0 Å². The van der Waals surface area contributed by atoms with Crippen molar-refractivity contribution in [2.24, 2.45) is 5.92 Å². The lowest BCUT2D eigenvalue weighted by Crippen LogP contribution is -1.95. The SMILES string of the molecule is [CH2]CCCCCCCCCCCCCCC(C)CCCCCCC[CH2]. The molecule has 1 atom stereocenters. The first-order valence-corrected chi connectivity index (χ1v) is 11.9. The van der Waals surface area contributed by atoms with Crippen molar-refractivity contribution >= 4 is 0 Å². The normalized spacial score (nSPS) is 12.6. The summed E-state index contributed by atoms with van der Waals surface area (Å²) < 4.78 is 0. The molecule has 0 aromatic carbocycles. The third-order valence-corrected chi connectivity index (χ3v) is 5.64. The Morgan fingerprint density at radius 3 is 0.920 bits per heavy atom. The van der Waals surface area contributed by atoms with Gasteiger partial charge in [0.2, 0.25) is 0 Å². The first-order chi connectivity index (χ1) is 12.3. The second kappa shape index (κ2) is 22.0. The summed E-state index contributed by atoms with van der Waals surface area (Å²) >= 11 is 0. The van der Waals surface area contributed by atoms with E-state index in [9.17, 15) is 0 Å². The van der Waals surface area contributed by atoms with Gasteiger partial charge in [-0.05, 0) is 5.92 Å². The van der Waals surface area contributed by atoms with Gasteiger partial charge in [-0.15, -0.1) is 0 Å². The highest BCUT2D eigenvalue weighted by Crippen LogP contribution is 2.19. The molecule has 0 saturated heterocycles. The van der Waals surface area contributed by atoms with Crippen LogP contribution in [0.2, 0.25) is 0 Å². The molecule has 0 aliphatic carbocycles. The van der Waals surface area contributed by atoms with Crippen LogP contribution in [0.25, 0.3) is 0 Å². The van der Waals surface area contributed by atoms with Crippen LogP contribution in [0.4, 0.5) is 0 Å². The Kier molecular flexibility index (Phi) is 22.0. The lowest BCUT2D eigenvalue weighted by atomic mass is 9.96. The van der Waals surface area contributed by atoms with Gasteiger partial charge in [-0.1, -0.05) is 156 Å². The van der Waals surface area contributed by atoms with E-state index in [4.69, 9.17) is 0 Å². The second-order valence-corrected chi connectivity index (χ2v) is 8.40. The average Bonchev–Trinajstić information content (AvgIpc) is 2.62. The Morgan fingerprint density at radius 1 is 0.400 bits per heavy atom. The summed E-state index contributed by atoms with van der Waals surface area (Å²) in [6.45, 7) is 10.3. The molecule has 0 heterocycles. The van der Waals surface area contributed by atoms with Gasteiger partial charge in [0.1, 0.15) is 0 Å². The van der Waals surface area contributed by atoms with Crippen LogP contribution in [0.3, 0.4) is 0 Å². The van der Waals surface area contributed by atoms with Gasteiger partial charge in [0.05, 0.1) is 0 Å². The minimum absolute atomic E-state index is 0.955. The van der Waals surface area contributed by atoms with E-state index in [1.165, 1.54) is 122 Å². The molecule has 0 fully saturated rings. The first-order valence-electron chi connectivity index (χ1n) is 11.9. The van der Waals surface area contributed by atoms with Crippen LogP contribution in [-0.2, 0) is 0 Å². The monoisotopic (exact) mass is 350 g/mol. The second-order valence-electron chi connectivity index (χ2n) is 8.40. The summed E-state index contributed by atoms with van der Waals surface area (Å²) in [5.41, 5.74) is 0. The molecule has 2 radical (unpaired) electrons. The molecule has 0 aromatic heterocycles. The quantitative estimate of drug-likeness (QED) is 0.181. The van der Waals surface area contributed by atoms with Gasteiger partial charge in [-0.25, -0.2) is 0 Å². The van der Waals surface area contributed by atoms with Crippen molar-refractivity contribution in [1.82, 2.24) is 0 Å². The van der Waals surface area contributed by atoms with Crippen LogP contribution < -0.4 is 0 Å². The highest BCUT2D eigenvalue weighted by Gasteiger charge is 2.02. The van der Waals surface area contributed by atoms with E-state index in [0.29, 0.717) is 0 Å². The molecule has 0 aromatic rings. The standard InChI is InChI=1S/C25H50/c1-4-6-8-10-12-13-14-15-16-17-18-20-22-24-25(3)23-21-19-11-9-7-5-2/h25H,1-2,4-24H2,3H3. The first kappa shape index (κ1) is 25.0. The molecule has 0 saturated carbocycles. The minimum atomic E-state index is 0.955. The van der Waals surface area contributed by atoms with E-state index in [2.05, 4.69) is 20.8 Å². The Labute approximate surface area is 161 Å². The summed E-state index contributed by atoms with van der Waals surface area (Å²) in [6.07, 6.45) is 29.6. The van der Waals surface area contributed by atoms with Crippen molar-refractivity contribution in [3.05, 3.63) is 13.8 Å². The van der Waals surface area contributed by atoms with Crippen LogP contribution in [0.5, 0.6) is 0 Å². The van der Waals surface area contributed by atoms with Gasteiger partial charge in [0.15, 0.2) is 0 Å². The molecule has 150 valence electrons. The Bertz CT molecular complexity index is 220. The Balaban J connectivity index is 3.09. The topological polar surface area (TPSA) is 0 Å². The zero-order valence-corrected chi connectivity index (χ0v) is 17.8. The van der Waals surface area contributed by atoms with Crippen molar-refractivity contribution in [1.29, 1.82) is 0 Å². The van der Waals surface area contributed by atoms with Crippen molar-refractivity contribution in [3.8, 4) is 0 Å². The lowest BCUT2D eigenvalue weighted by Gasteiger charge is -2.11.